The van der Waals surface area contributed by atoms with Gasteiger partial charge in [0.1, 0.15) is 16.5 Å². The molecule has 1 saturated heterocycles. The van der Waals surface area contributed by atoms with Gasteiger partial charge in [0.15, 0.2) is 0 Å². The summed E-state index contributed by atoms with van der Waals surface area (Å²) in [5.41, 5.74) is 0.863. The van der Waals surface area contributed by atoms with Gasteiger partial charge in [0.2, 0.25) is 0 Å². The van der Waals surface area contributed by atoms with E-state index in [0.29, 0.717) is 5.15 Å². The van der Waals surface area contributed by atoms with Crippen molar-refractivity contribution in [1.82, 2.24) is 10.3 Å². The molecule has 1 aliphatic heterocycles. The van der Waals surface area contributed by atoms with Crippen molar-refractivity contribution in [3.63, 3.8) is 0 Å². The van der Waals surface area contributed by atoms with Crippen LogP contribution in [0.2, 0.25) is 5.15 Å². The topological polar surface area (TPSA) is 34.1 Å². The monoisotopic (exact) mass is 212 g/mol. The molecule has 3 nitrogen and oxygen atoms in total. The van der Waals surface area contributed by atoms with E-state index in [4.69, 9.17) is 16.3 Å². The Bertz CT molecular complexity index is 350. The molecule has 0 aromatic carbocycles. The molecule has 0 bridgehead atoms. The smallest absolute Gasteiger partial charge is 0.138 e. The van der Waals surface area contributed by atoms with Crippen LogP contribution in [-0.2, 0) is 0 Å². The van der Waals surface area contributed by atoms with Crippen molar-refractivity contribution in [1.29, 1.82) is 0 Å². The molecule has 0 saturated carbocycles. The van der Waals surface area contributed by atoms with Gasteiger partial charge in [-0.1, -0.05) is 11.6 Å². The Hall–Kier alpha value is -0.800. The van der Waals surface area contributed by atoms with Gasteiger partial charge in [0.25, 0.3) is 0 Å². The van der Waals surface area contributed by atoms with E-state index < -0.39 is 0 Å². The molecule has 2 rings (SSSR count). The number of hydrogen-bond acceptors (Lipinski definition) is 3. The summed E-state index contributed by atoms with van der Waals surface area (Å²) in [5, 5.41) is 3.71. The summed E-state index contributed by atoms with van der Waals surface area (Å²) in [6.45, 7) is 5.76. The molecule has 0 amide bonds. The normalized spacial score (nSPS) is 18.8. The van der Waals surface area contributed by atoms with E-state index in [1.165, 1.54) is 0 Å². The van der Waals surface area contributed by atoms with Gasteiger partial charge in [-0.15, -0.1) is 0 Å². The number of halogens is 1. The largest absolute Gasteiger partial charge is 0.483 e. The molecule has 1 fully saturated rings. The Morgan fingerprint density at radius 2 is 2.29 bits per heavy atom. The van der Waals surface area contributed by atoms with E-state index in [1.54, 1.807) is 6.20 Å². The average molecular weight is 213 g/mol. The molecule has 14 heavy (non-hydrogen) atoms. The standard InChI is InChI=1S/C10H13ClN2O/c1-7-3-8(4-13-9(7)11)14-10(2)5-12-6-10/h3-4,12H,5-6H2,1-2H3. The molecule has 0 atom stereocenters. The molecule has 1 aromatic heterocycles. The predicted molar refractivity (Wildman–Crippen MR) is 55.9 cm³/mol. The van der Waals surface area contributed by atoms with Gasteiger partial charge >= 0.3 is 0 Å². The third-order valence-corrected chi connectivity index (χ3v) is 2.75. The van der Waals surface area contributed by atoms with Gasteiger partial charge in [-0.2, -0.15) is 0 Å². The van der Waals surface area contributed by atoms with Crippen molar-refractivity contribution in [2.45, 2.75) is 19.4 Å². The van der Waals surface area contributed by atoms with Crippen LogP contribution in [0, 0.1) is 6.92 Å². The fraction of sp³-hybridized carbons (Fsp3) is 0.500. The van der Waals surface area contributed by atoms with Gasteiger partial charge in [0, 0.05) is 13.1 Å². The molecule has 4 heteroatoms. The summed E-state index contributed by atoms with van der Waals surface area (Å²) in [6.07, 6.45) is 1.67. The summed E-state index contributed by atoms with van der Waals surface area (Å²) in [6, 6.07) is 1.92. The van der Waals surface area contributed by atoms with Crippen LogP contribution in [0.4, 0.5) is 0 Å². The summed E-state index contributed by atoms with van der Waals surface area (Å²) in [7, 11) is 0. The lowest BCUT2D eigenvalue weighted by Gasteiger charge is -2.39. The Labute approximate surface area is 88.4 Å². The van der Waals surface area contributed by atoms with Gasteiger partial charge in [0.05, 0.1) is 6.20 Å². The van der Waals surface area contributed by atoms with Crippen LogP contribution < -0.4 is 10.1 Å². The van der Waals surface area contributed by atoms with Crippen molar-refractivity contribution < 1.29 is 4.74 Å². The molecule has 0 radical (unpaired) electrons. The summed E-state index contributed by atoms with van der Waals surface area (Å²) in [5.74, 6) is 0.788. The van der Waals surface area contributed by atoms with E-state index in [9.17, 15) is 0 Å². The Morgan fingerprint density at radius 1 is 1.57 bits per heavy atom. The maximum absolute atomic E-state index is 5.82. The van der Waals surface area contributed by atoms with Crippen LogP contribution >= 0.6 is 11.6 Å². The molecular formula is C10H13ClN2O. The zero-order valence-electron chi connectivity index (χ0n) is 8.30. The molecular weight excluding hydrogens is 200 g/mol. The van der Waals surface area contributed by atoms with Crippen LogP contribution in [0.15, 0.2) is 12.3 Å². The Kier molecular flexibility index (Phi) is 2.37. The van der Waals surface area contributed by atoms with Crippen LogP contribution in [0.3, 0.4) is 0 Å². The highest BCUT2D eigenvalue weighted by molar-refractivity contribution is 6.30. The van der Waals surface area contributed by atoms with Gasteiger partial charge in [-0.05, 0) is 25.5 Å². The molecule has 1 N–H and O–H groups in total. The number of nitrogens with one attached hydrogen (secondary N) is 1. The highest BCUT2D eigenvalue weighted by Crippen LogP contribution is 2.23. The first-order valence-electron chi connectivity index (χ1n) is 4.61. The number of rotatable bonds is 2. The number of ether oxygens (including phenoxy) is 1. The lowest BCUT2D eigenvalue weighted by molar-refractivity contribution is 0.0345. The van der Waals surface area contributed by atoms with Gasteiger partial charge in [-0.3, -0.25) is 0 Å². The van der Waals surface area contributed by atoms with E-state index in [0.717, 1.165) is 24.4 Å². The molecule has 1 aromatic rings. The van der Waals surface area contributed by atoms with Crippen molar-refractivity contribution in [3.8, 4) is 5.75 Å². The zero-order chi connectivity index (χ0) is 10.2. The SMILES string of the molecule is Cc1cc(OC2(C)CNC2)cnc1Cl. The van der Waals surface area contributed by atoms with Crippen LogP contribution in [0.1, 0.15) is 12.5 Å². The van der Waals surface area contributed by atoms with Crippen LogP contribution in [-0.4, -0.2) is 23.7 Å². The Morgan fingerprint density at radius 3 is 2.79 bits per heavy atom. The maximum atomic E-state index is 5.82. The van der Waals surface area contributed by atoms with Gasteiger partial charge < -0.3 is 10.1 Å². The van der Waals surface area contributed by atoms with Crippen LogP contribution in [0.25, 0.3) is 0 Å². The van der Waals surface area contributed by atoms with Crippen molar-refractivity contribution in [2.24, 2.45) is 0 Å². The number of pyridine rings is 1. The third kappa shape index (κ3) is 1.83. The second kappa shape index (κ2) is 3.41. The zero-order valence-corrected chi connectivity index (χ0v) is 9.06. The van der Waals surface area contributed by atoms with Crippen LogP contribution in [0.5, 0.6) is 5.75 Å². The highest BCUT2D eigenvalue weighted by atomic mass is 35.5. The summed E-state index contributed by atoms with van der Waals surface area (Å²) >= 11 is 5.82. The first kappa shape index (κ1) is 9.74. The third-order valence-electron chi connectivity index (χ3n) is 2.35. The molecule has 0 spiro atoms. The number of aryl methyl sites for hydroxylation is 1. The predicted octanol–water partition coefficient (Wildman–Crippen LogP) is 1.78. The number of aromatic nitrogens is 1. The molecule has 76 valence electrons. The molecule has 0 unspecified atom stereocenters. The minimum absolute atomic E-state index is 0.0814. The first-order valence-corrected chi connectivity index (χ1v) is 4.99. The lowest BCUT2D eigenvalue weighted by atomic mass is 10.00. The van der Waals surface area contributed by atoms with E-state index in [1.807, 2.05) is 13.0 Å². The minimum atomic E-state index is -0.0814. The quantitative estimate of drug-likeness (QED) is 0.759. The van der Waals surface area contributed by atoms with Crippen molar-refractivity contribution in [3.05, 3.63) is 23.0 Å². The fourth-order valence-corrected chi connectivity index (χ4v) is 1.53. The molecule has 2 heterocycles. The first-order chi connectivity index (χ1) is 6.59. The second-order valence-electron chi connectivity index (χ2n) is 3.93. The highest BCUT2D eigenvalue weighted by Gasteiger charge is 2.33. The van der Waals surface area contributed by atoms with E-state index in [-0.39, 0.29) is 5.60 Å². The number of nitrogens with zero attached hydrogens (tertiary/aromatic N) is 1. The summed E-state index contributed by atoms with van der Waals surface area (Å²) < 4.78 is 5.79. The second-order valence-corrected chi connectivity index (χ2v) is 4.29. The summed E-state index contributed by atoms with van der Waals surface area (Å²) in [4.78, 5) is 4.04. The van der Waals surface area contributed by atoms with E-state index >= 15 is 0 Å². The number of hydrogen-bond donors (Lipinski definition) is 1. The van der Waals surface area contributed by atoms with Crippen molar-refractivity contribution >= 4 is 11.6 Å². The average Bonchev–Trinajstić information content (AvgIpc) is 2.09. The maximum Gasteiger partial charge on any atom is 0.138 e. The lowest BCUT2D eigenvalue weighted by Crippen LogP contribution is -2.61. The van der Waals surface area contributed by atoms with E-state index in [2.05, 4.69) is 17.2 Å². The molecule has 0 aliphatic carbocycles. The Balaban J connectivity index is 2.13. The van der Waals surface area contributed by atoms with Crippen molar-refractivity contribution in [2.75, 3.05) is 13.1 Å². The van der Waals surface area contributed by atoms with Gasteiger partial charge in [-0.25, -0.2) is 4.98 Å². The fourth-order valence-electron chi connectivity index (χ4n) is 1.42. The minimum Gasteiger partial charge on any atom is -0.483 e. The molecule has 1 aliphatic rings.